The molecule has 3 rings (SSSR count). The molecule has 1 aromatic heterocycles. The maximum Gasteiger partial charge on any atom is 0.328 e. The molecule has 1 heterocycles. The Labute approximate surface area is 140 Å². The largest absolute Gasteiger partial charge is 0.378 e. The van der Waals surface area contributed by atoms with Crippen LogP contribution in [0.5, 0.6) is 0 Å². The van der Waals surface area contributed by atoms with E-state index in [1.165, 1.54) is 36.1 Å². The summed E-state index contributed by atoms with van der Waals surface area (Å²) in [5, 5.41) is 3.08. The highest BCUT2D eigenvalue weighted by Crippen LogP contribution is 2.53. The van der Waals surface area contributed by atoms with Crippen LogP contribution in [0.2, 0.25) is 0 Å². The van der Waals surface area contributed by atoms with E-state index in [2.05, 4.69) is 10.3 Å². The van der Waals surface area contributed by atoms with E-state index in [4.69, 9.17) is 4.74 Å². The van der Waals surface area contributed by atoms with Crippen molar-refractivity contribution in [2.75, 3.05) is 6.61 Å². The van der Waals surface area contributed by atoms with E-state index in [9.17, 15) is 14.4 Å². The van der Waals surface area contributed by atoms with Crippen LogP contribution >= 0.6 is 0 Å². The molecular weight excluding hydrogens is 310 g/mol. The van der Waals surface area contributed by atoms with Gasteiger partial charge in [0.15, 0.2) is 0 Å². The molecular formula is C17H25N3O4. The molecule has 0 unspecified atom stereocenters. The van der Waals surface area contributed by atoms with Crippen LogP contribution in [-0.4, -0.2) is 34.2 Å². The van der Waals surface area contributed by atoms with E-state index in [1.807, 2.05) is 6.92 Å². The molecule has 2 atom stereocenters. The van der Waals surface area contributed by atoms with Crippen LogP contribution in [0.25, 0.3) is 0 Å². The van der Waals surface area contributed by atoms with Crippen molar-refractivity contribution in [1.82, 2.24) is 14.9 Å². The van der Waals surface area contributed by atoms with E-state index in [1.54, 1.807) is 0 Å². The number of nitrogens with one attached hydrogen (secondary N) is 2. The first-order chi connectivity index (χ1) is 11.5. The molecule has 132 valence electrons. The van der Waals surface area contributed by atoms with Gasteiger partial charge in [-0.25, -0.2) is 4.79 Å². The summed E-state index contributed by atoms with van der Waals surface area (Å²) < 4.78 is 7.10. The zero-order chi connectivity index (χ0) is 17.2. The van der Waals surface area contributed by atoms with Crippen molar-refractivity contribution in [3.8, 4) is 0 Å². The third kappa shape index (κ3) is 3.17. The Kier molecular flexibility index (Phi) is 4.89. The molecule has 1 amide bonds. The zero-order valence-corrected chi connectivity index (χ0v) is 14.0. The lowest BCUT2D eigenvalue weighted by molar-refractivity contribution is -0.157. The van der Waals surface area contributed by atoms with Gasteiger partial charge in [0.2, 0.25) is 5.91 Å². The molecule has 1 spiro atoms. The number of hydrogen-bond acceptors (Lipinski definition) is 4. The Balaban J connectivity index is 1.65. The molecule has 0 saturated heterocycles. The standard InChI is InChI=1S/C17H25N3O4/c1-2-24-13-10-12(17(13)7-4-3-5-8-17)18-15(22)11-20-9-6-14(21)19-16(20)23/h6,9,12-13H,2-5,7-8,10-11H2,1H3,(H,18,22)(H,19,21,23)/t12-,13+/m0/s1. The van der Waals surface area contributed by atoms with Gasteiger partial charge >= 0.3 is 5.69 Å². The number of nitrogens with zero attached hydrogens (tertiary/aromatic N) is 1. The predicted molar refractivity (Wildman–Crippen MR) is 88.8 cm³/mol. The van der Waals surface area contributed by atoms with E-state index in [0.29, 0.717) is 6.61 Å². The van der Waals surface area contributed by atoms with Crippen molar-refractivity contribution in [3.63, 3.8) is 0 Å². The van der Waals surface area contributed by atoms with Gasteiger partial charge < -0.3 is 10.1 Å². The third-order valence-corrected chi connectivity index (χ3v) is 5.48. The van der Waals surface area contributed by atoms with Gasteiger partial charge in [-0.2, -0.15) is 0 Å². The SMILES string of the molecule is CCO[C@@H]1C[C@H](NC(=O)Cn2ccc(=O)[nH]c2=O)C12CCCCC2. The Morgan fingerprint density at radius 3 is 2.79 bits per heavy atom. The van der Waals surface area contributed by atoms with Gasteiger partial charge in [0, 0.05) is 30.3 Å². The number of carbonyl (C=O) groups excluding carboxylic acids is 1. The first-order valence-electron chi connectivity index (χ1n) is 8.76. The van der Waals surface area contributed by atoms with Crippen LogP contribution < -0.4 is 16.6 Å². The number of hydrogen-bond donors (Lipinski definition) is 2. The molecule has 0 aromatic carbocycles. The average Bonchev–Trinajstić information content (AvgIpc) is 2.57. The van der Waals surface area contributed by atoms with Crippen molar-refractivity contribution in [2.45, 2.75) is 64.1 Å². The fraction of sp³-hybridized carbons (Fsp3) is 0.706. The zero-order valence-electron chi connectivity index (χ0n) is 14.0. The highest BCUT2D eigenvalue weighted by atomic mass is 16.5. The van der Waals surface area contributed by atoms with E-state index in [0.717, 1.165) is 19.3 Å². The fourth-order valence-corrected chi connectivity index (χ4v) is 4.23. The molecule has 0 radical (unpaired) electrons. The molecule has 2 saturated carbocycles. The number of carbonyl (C=O) groups is 1. The molecule has 24 heavy (non-hydrogen) atoms. The molecule has 2 aliphatic rings. The number of amides is 1. The second kappa shape index (κ2) is 6.93. The lowest BCUT2D eigenvalue weighted by atomic mass is 9.55. The van der Waals surface area contributed by atoms with Crippen LogP contribution in [0.4, 0.5) is 0 Å². The summed E-state index contributed by atoms with van der Waals surface area (Å²) in [5.41, 5.74) is -0.970. The number of ether oxygens (including phenoxy) is 1. The van der Waals surface area contributed by atoms with Crippen LogP contribution in [0, 0.1) is 5.41 Å². The van der Waals surface area contributed by atoms with Gasteiger partial charge in [-0.3, -0.25) is 19.1 Å². The maximum atomic E-state index is 12.3. The molecule has 1 aromatic rings. The van der Waals surface area contributed by atoms with Crippen molar-refractivity contribution >= 4 is 5.91 Å². The average molecular weight is 335 g/mol. The predicted octanol–water partition coefficient (Wildman–Crippen LogP) is 0.781. The lowest BCUT2D eigenvalue weighted by Gasteiger charge is -2.57. The summed E-state index contributed by atoms with van der Waals surface area (Å²) in [6, 6.07) is 1.35. The number of aromatic nitrogens is 2. The van der Waals surface area contributed by atoms with Crippen molar-refractivity contribution in [2.24, 2.45) is 5.41 Å². The van der Waals surface area contributed by atoms with Gasteiger partial charge in [0.25, 0.3) is 5.56 Å². The quantitative estimate of drug-likeness (QED) is 0.831. The minimum absolute atomic E-state index is 0.0554. The van der Waals surface area contributed by atoms with Crippen LogP contribution in [0.15, 0.2) is 21.9 Å². The van der Waals surface area contributed by atoms with Crippen LogP contribution in [0.3, 0.4) is 0 Å². The first kappa shape index (κ1) is 17.0. The second-order valence-electron chi connectivity index (χ2n) is 6.83. The monoisotopic (exact) mass is 335 g/mol. The molecule has 2 fully saturated rings. The highest BCUT2D eigenvalue weighted by molar-refractivity contribution is 5.76. The highest BCUT2D eigenvalue weighted by Gasteiger charge is 2.56. The third-order valence-electron chi connectivity index (χ3n) is 5.48. The normalized spacial score (nSPS) is 25.2. The van der Waals surface area contributed by atoms with Crippen LogP contribution in [-0.2, 0) is 16.1 Å². The lowest BCUT2D eigenvalue weighted by Crippen LogP contribution is -2.65. The minimum Gasteiger partial charge on any atom is -0.378 e. The van der Waals surface area contributed by atoms with Gasteiger partial charge in [0.05, 0.1) is 6.10 Å². The Morgan fingerprint density at radius 2 is 2.12 bits per heavy atom. The van der Waals surface area contributed by atoms with Gasteiger partial charge in [-0.15, -0.1) is 0 Å². The number of rotatable bonds is 5. The van der Waals surface area contributed by atoms with Crippen molar-refractivity contribution in [1.29, 1.82) is 0 Å². The van der Waals surface area contributed by atoms with Gasteiger partial charge in [-0.05, 0) is 26.2 Å². The maximum absolute atomic E-state index is 12.3. The molecule has 0 aliphatic heterocycles. The molecule has 2 aliphatic carbocycles. The molecule has 7 nitrogen and oxygen atoms in total. The Bertz CT molecular complexity index is 702. The van der Waals surface area contributed by atoms with E-state index >= 15 is 0 Å². The summed E-state index contributed by atoms with van der Waals surface area (Å²) in [7, 11) is 0. The molecule has 7 heteroatoms. The summed E-state index contributed by atoms with van der Waals surface area (Å²) in [6.45, 7) is 2.62. The van der Waals surface area contributed by atoms with Gasteiger partial charge in [-0.1, -0.05) is 19.3 Å². The topological polar surface area (TPSA) is 93.2 Å². The van der Waals surface area contributed by atoms with Crippen molar-refractivity contribution in [3.05, 3.63) is 33.1 Å². The molecule has 0 bridgehead atoms. The smallest absolute Gasteiger partial charge is 0.328 e. The van der Waals surface area contributed by atoms with Gasteiger partial charge in [0.1, 0.15) is 6.54 Å². The fourth-order valence-electron chi connectivity index (χ4n) is 4.23. The second-order valence-corrected chi connectivity index (χ2v) is 6.83. The summed E-state index contributed by atoms with van der Waals surface area (Å²) >= 11 is 0. The first-order valence-corrected chi connectivity index (χ1v) is 8.76. The minimum atomic E-state index is -0.564. The summed E-state index contributed by atoms with van der Waals surface area (Å²) in [4.78, 5) is 37.3. The molecule has 2 N–H and O–H groups in total. The van der Waals surface area contributed by atoms with Crippen LogP contribution in [0.1, 0.15) is 45.4 Å². The van der Waals surface area contributed by atoms with E-state index in [-0.39, 0.29) is 30.0 Å². The number of H-pyrrole nitrogens is 1. The summed E-state index contributed by atoms with van der Waals surface area (Å²) in [5.74, 6) is -0.200. The summed E-state index contributed by atoms with van der Waals surface area (Å²) in [6.07, 6.45) is 8.17. The van der Waals surface area contributed by atoms with E-state index < -0.39 is 11.2 Å². The number of aromatic amines is 1. The van der Waals surface area contributed by atoms with Crippen molar-refractivity contribution < 1.29 is 9.53 Å². The Morgan fingerprint density at radius 1 is 1.38 bits per heavy atom. The Hall–Kier alpha value is -1.89.